The Morgan fingerprint density at radius 2 is 1.71 bits per heavy atom. The average molecular weight is 496 g/mol. The third kappa shape index (κ3) is 6.68. The Balaban J connectivity index is 1.35. The van der Waals surface area contributed by atoms with Gasteiger partial charge in [-0.25, -0.2) is 0 Å². The van der Waals surface area contributed by atoms with Crippen LogP contribution in [0.3, 0.4) is 0 Å². The largest absolute Gasteiger partial charge is 0.341 e. The third-order valence-corrected chi connectivity index (χ3v) is 6.14. The van der Waals surface area contributed by atoms with Crippen LogP contribution in [0.4, 0.5) is 0 Å². The summed E-state index contributed by atoms with van der Waals surface area (Å²) in [5.74, 6) is 1.06. The molecule has 1 saturated heterocycles. The maximum absolute atomic E-state index is 13.4. The van der Waals surface area contributed by atoms with Crippen molar-refractivity contribution in [1.29, 1.82) is 0 Å². The normalized spacial score (nSPS) is 15.3. The molecule has 1 unspecified atom stereocenters. The first-order valence-corrected chi connectivity index (χ1v) is 12.2. The van der Waals surface area contributed by atoms with Crippen molar-refractivity contribution in [1.82, 2.24) is 25.3 Å². The summed E-state index contributed by atoms with van der Waals surface area (Å²) in [5, 5.41) is 7.67. The van der Waals surface area contributed by atoms with Crippen LogP contribution in [-0.2, 0) is 16.1 Å². The molecule has 3 aromatic rings. The number of hydrogen-bond donors (Lipinski definition) is 1. The van der Waals surface area contributed by atoms with Gasteiger partial charge in [0.15, 0.2) is 0 Å². The standard InChI is InChI=1S/C26H30ClN5O3/c1-18(2)16-22(33)28-24(19-6-4-3-5-7-19)26(34)32-14-12-31(13-15-32)17-23-29-25(30-35-23)20-8-10-21(27)11-9-20/h3-11,18,24H,12-17H2,1-2H3,(H,28,33). The van der Waals surface area contributed by atoms with Crippen LogP contribution < -0.4 is 5.32 Å². The minimum atomic E-state index is -0.688. The van der Waals surface area contributed by atoms with Crippen molar-refractivity contribution in [3.8, 4) is 11.4 Å². The minimum Gasteiger partial charge on any atom is -0.341 e. The van der Waals surface area contributed by atoms with Crippen LogP contribution in [0.2, 0.25) is 5.02 Å². The molecule has 1 atom stereocenters. The number of hydrogen-bond acceptors (Lipinski definition) is 6. The van der Waals surface area contributed by atoms with E-state index in [1.54, 1.807) is 12.1 Å². The van der Waals surface area contributed by atoms with Gasteiger partial charge in [-0.15, -0.1) is 0 Å². The van der Waals surface area contributed by atoms with E-state index in [-0.39, 0.29) is 17.7 Å². The van der Waals surface area contributed by atoms with Gasteiger partial charge in [0.1, 0.15) is 6.04 Å². The monoisotopic (exact) mass is 495 g/mol. The summed E-state index contributed by atoms with van der Waals surface area (Å²) in [7, 11) is 0. The lowest BCUT2D eigenvalue weighted by atomic mass is 10.0. The van der Waals surface area contributed by atoms with E-state index in [4.69, 9.17) is 16.1 Å². The first-order chi connectivity index (χ1) is 16.9. The number of benzene rings is 2. The van der Waals surface area contributed by atoms with Crippen LogP contribution in [0.1, 0.15) is 37.8 Å². The lowest BCUT2D eigenvalue weighted by Gasteiger charge is -2.36. The zero-order valence-corrected chi connectivity index (χ0v) is 20.7. The molecule has 1 fully saturated rings. The quantitative estimate of drug-likeness (QED) is 0.509. The maximum atomic E-state index is 13.4. The van der Waals surface area contributed by atoms with Crippen LogP contribution in [0, 0.1) is 5.92 Å². The molecule has 1 aromatic heterocycles. The fourth-order valence-corrected chi connectivity index (χ4v) is 4.19. The molecule has 0 saturated carbocycles. The molecule has 2 aromatic carbocycles. The summed E-state index contributed by atoms with van der Waals surface area (Å²) < 4.78 is 5.43. The Labute approximate surface area is 210 Å². The molecular formula is C26H30ClN5O3. The highest BCUT2D eigenvalue weighted by molar-refractivity contribution is 6.30. The van der Waals surface area contributed by atoms with Crippen LogP contribution in [0.25, 0.3) is 11.4 Å². The summed E-state index contributed by atoms with van der Waals surface area (Å²) in [4.78, 5) is 34.4. The minimum absolute atomic E-state index is 0.0872. The highest BCUT2D eigenvalue weighted by atomic mass is 35.5. The fraction of sp³-hybridized carbons (Fsp3) is 0.385. The molecule has 0 bridgehead atoms. The molecule has 0 spiro atoms. The van der Waals surface area contributed by atoms with Crippen molar-refractivity contribution in [2.24, 2.45) is 5.92 Å². The van der Waals surface area contributed by atoms with Crippen molar-refractivity contribution >= 4 is 23.4 Å². The van der Waals surface area contributed by atoms with Crippen LogP contribution in [0.5, 0.6) is 0 Å². The summed E-state index contributed by atoms with van der Waals surface area (Å²) in [6, 6.07) is 16.0. The van der Waals surface area contributed by atoms with Crippen molar-refractivity contribution in [3.63, 3.8) is 0 Å². The van der Waals surface area contributed by atoms with Gasteiger partial charge in [0.25, 0.3) is 0 Å². The number of aromatic nitrogens is 2. The summed E-state index contributed by atoms with van der Waals surface area (Å²) in [5.41, 5.74) is 1.63. The van der Waals surface area contributed by atoms with Crippen molar-refractivity contribution < 1.29 is 14.1 Å². The van der Waals surface area contributed by atoms with E-state index in [0.717, 1.165) is 11.1 Å². The summed E-state index contributed by atoms with van der Waals surface area (Å²) in [6.45, 7) is 6.94. The molecule has 9 heteroatoms. The van der Waals surface area contributed by atoms with Gasteiger partial charge >= 0.3 is 0 Å². The van der Waals surface area contributed by atoms with Crippen molar-refractivity contribution in [3.05, 3.63) is 71.1 Å². The molecule has 0 radical (unpaired) electrons. The molecule has 1 N–H and O–H groups in total. The number of rotatable bonds is 8. The number of amides is 2. The predicted molar refractivity (Wildman–Crippen MR) is 133 cm³/mol. The molecule has 2 heterocycles. The first-order valence-electron chi connectivity index (χ1n) is 11.8. The highest BCUT2D eigenvalue weighted by Crippen LogP contribution is 2.21. The fourth-order valence-electron chi connectivity index (χ4n) is 4.06. The number of piperazine rings is 1. The Hall–Kier alpha value is -3.23. The number of halogens is 1. The number of carbonyl (C=O) groups excluding carboxylic acids is 2. The van der Waals surface area contributed by atoms with E-state index < -0.39 is 6.04 Å². The second-order valence-electron chi connectivity index (χ2n) is 9.13. The Morgan fingerprint density at radius 3 is 2.37 bits per heavy atom. The van der Waals surface area contributed by atoms with E-state index in [0.29, 0.717) is 55.9 Å². The van der Waals surface area contributed by atoms with Gasteiger partial charge in [-0.05, 0) is 35.7 Å². The third-order valence-electron chi connectivity index (χ3n) is 5.89. The van der Waals surface area contributed by atoms with Gasteiger partial charge in [0.2, 0.25) is 23.5 Å². The topological polar surface area (TPSA) is 91.6 Å². The van der Waals surface area contributed by atoms with E-state index in [2.05, 4.69) is 20.4 Å². The molecule has 0 aliphatic carbocycles. The van der Waals surface area contributed by atoms with E-state index in [1.807, 2.05) is 61.2 Å². The van der Waals surface area contributed by atoms with Gasteiger partial charge in [-0.1, -0.05) is 60.9 Å². The Bertz CT molecular complexity index is 1130. The maximum Gasteiger partial charge on any atom is 0.249 e. The van der Waals surface area contributed by atoms with Gasteiger partial charge in [-0.2, -0.15) is 4.98 Å². The SMILES string of the molecule is CC(C)CC(=O)NC(C(=O)N1CCN(Cc2nc(-c3ccc(Cl)cc3)no2)CC1)c1ccccc1. The zero-order valence-electron chi connectivity index (χ0n) is 20.0. The molecular weight excluding hydrogens is 466 g/mol. The smallest absolute Gasteiger partial charge is 0.249 e. The van der Waals surface area contributed by atoms with E-state index in [9.17, 15) is 9.59 Å². The molecule has 4 rings (SSSR count). The first kappa shape index (κ1) is 24.9. The van der Waals surface area contributed by atoms with E-state index >= 15 is 0 Å². The predicted octanol–water partition coefficient (Wildman–Crippen LogP) is 3.94. The summed E-state index contributed by atoms with van der Waals surface area (Å²) >= 11 is 5.95. The lowest BCUT2D eigenvalue weighted by molar-refractivity contribution is -0.138. The Kier molecular flexibility index (Phi) is 8.15. The lowest BCUT2D eigenvalue weighted by Crippen LogP contribution is -2.51. The average Bonchev–Trinajstić information content (AvgIpc) is 3.31. The molecule has 8 nitrogen and oxygen atoms in total. The van der Waals surface area contributed by atoms with Crippen LogP contribution in [-0.4, -0.2) is 57.9 Å². The Morgan fingerprint density at radius 1 is 1.03 bits per heavy atom. The van der Waals surface area contributed by atoms with Crippen molar-refractivity contribution in [2.45, 2.75) is 32.9 Å². The van der Waals surface area contributed by atoms with E-state index in [1.165, 1.54) is 0 Å². The molecule has 1 aliphatic rings. The van der Waals surface area contributed by atoms with Crippen LogP contribution >= 0.6 is 11.6 Å². The molecule has 2 amide bonds. The zero-order chi connectivity index (χ0) is 24.8. The molecule has 184 valence electrons. The molecule has 35 heavy (non-hydrogen) atoms. The van der Waals surface area contributed by atoms with Gasteiger partial charge in [0.05, 0.1) is 6.54 Å². The summed E-state index contributed by atoms with van der Waals surface area (Å²) in [6.07, 6.45) is 0.382. The second-order valence-corrected chi connectivity index (χ2v) is 9.57. The van der Waals surface area contributed by atoms with Gasteiger partial charge in [0, 0.05) is 43.2 Å². The highest BCUT2D eigenvalue weighted by Gasteiger charge is 2.30. The number of nitrogens with one attached hydrogen (secondary N) is 1. The number of carbonyl (C=O) groups is 2. The van der Waals surface area contributed by atoms with Crippen LogP contribution in [0.15, 0.2) is 59.1 Å². The number of nitrogens with zero attached hydrogens (tertiary/aromatic N) is 4. The van der Waals surface area contributed by atoms with Gasteiger partial charge in [-0.3, -0.25) is 14.5 Å². The molecule has 1 aliphatic heterocycles. The second kappa shape index (κ2) is 11.5. The van der Waals surface area contributed by atoms with Crippen molar-refractivity contribution in [2.75, 3.05) is 26.2 Å². The van der Waals surface area contributed by atoms with Gasteiger partial charge < -0.3 is 14.7 Å².